The minimum Gasteiger partial charge on any atom is -0.746 e. The molecule has 0 amide bonds. The molecule has 0 aromatic heterocycles. The van der Waals surface area contributed by atoms with Crippen LogP contribution in [0.15, 0.2) is 0 Å². The van der Waals surface area contributed by atoms with Gasteiger partial charge in [-0.1, -0.05) is 27.2 Å². The van der Waals surface area contributed by atoms with Gasteiger partial charge in [0, 0.05) is 0 Å². The van der Waals surface area contributed by atoms with Crippen LogP contribution in [0.25, 0.3) is 0 Å². The third kappa shape index (κ3) is 3.91. The van der Waals surface area contributed by atoms with Gasteiger partial charge in [0.15, 0.2) is 4.93 Å². The summed E-state index contributed by atoms with van der Waals surface area (Å²) < 4.78 is 32.8. The van der Waals surface area contributed by atoms with Gasteiger partial charge in [-0.05, 0) is 37.0 Å². The Morgan fingerprint density at radius 3 is 2.06 bits per heavy atom. The molecule has 0 aromatic rings. The molecule has 0 unspecified atom stereocenters. The van der Waals surface area contributed by atoms with Gasteiger partial charge < -0.3 is 9.66 Å². The Morgan fingerprint density at radius 2 is 1.76 bits per heavy atom. The van der Waals surface area contributed by atoms with Crippen molar-refractivity contribution >= 4 is 10.1 Å². The number of rotatable bonds is 3. The van der Waals surface area contributed by atoms with Gasteiger partial charge in [-0.15, -0.1) is 0 Å². The third-order valence-corrected chi connectivity index (χ3v) is 5.59. The fourth-order valence-corrected chi connectivity index (χ4v) is 3.12. The topological polar surface area (TPSA) is 77.4 Å². The molecule has 0 radical (unpaired) electrons. The Labute approximate surface area is 126 Å². The second kappa shape index (κ2) is 5.88. The maximum Gasteiger partial charge on any atom is 1.00 e. The SMILES string of the molecule is CCC(C)(C)C1CCC(O)(S(=O)(=O)[O-])CC1.[Na+]. The Bertz CT molecular complexity index is 342. The summed E-state index contributed by atoms with van der Waals surface area (Å²) in [5.74, 6) is 0.388. The molecule has 0 saturated heterocycles. The minimum absolute atomic E-state index is 0. The largest absolute Gasteiger partial charge is 1.00 e. The van der Waals surface area contributed by atoms with Gasteiger partial charge in [0.2, 0.25) is 0 Å². The summed E-state index contributed by atoms with van der Waals surface area (Å²) in [5, 5.41) is 9.76. The monoisotopic (exact) mass is 272 g/mol. The summed E-state index contributed by atoms with van der Waals surface area (Å²) in [5.41, 5.74) is 0.147. The molecule has 17 heavy (non-hydrogen) atoms. The predicted molar refractivity (Wildman–Crippen MR) is 60.7 cm³/mol. The molecule has 4 nitrogen and oxygen atoms in total. The van der Waals surface area contributed by atoms with Crippen LogP contribution in [-0.4, -0.2) is 23.0 Å². The van der Waals surface area contributed by atoms with E-state index >= 15 is 0 Å². The van der Waals surface area contributed by atoms with Gasteiger partial charge in [0.05, 0.1) is 0 Å². The molecule has 1 aliphatic rings. The minimum atomic E-state index is -4.60. The van der Waals surface area contributed by atoms with E-state index in [-0.39, 0.29) is 47.8 Å². The van der Waals surface area contributed by atoms with Crippen molar-refractivity contribution in [1.82, 2.24) is 0 Å². The van der Waals surface area contributed by atoms with Crippen molar-refractivity contribution in [1.29, 1.82) is 0 Å². The van der Waals surface area contributed by atoms with Gasteiger partial charge in [0.25, 0.3) is 0 Å². The van der Waals surface area contributed by atoms with Crippen molar-refractivity contribution in [2.24, 2.45) is 11.3 Å². The smallest absolute Gasteiger partial charge is 0.746 e. The van der Waals surface area contributed by atoms with Crippen molar-refractivity contribution in [2.45, 2.75) is 57.8 Å². The first-order valence-corrected chi connectivity index (χ1v) is 7.21. The zero-order chi connectivity index (χ0) is 12.6. The predicted octanol–water partition coefficient (Wildman–Crippen LogP) is -1.15. The molecule has 1 N–H and O–H groups in total. The molecule has 96 valence electrons. The Morgan fingerprint density at radius 1 is 1.35 bits per heavy atom. The van der Waals surface area contributed by atoms with Crippen LogP contribution in [0.5, 0.6) is 0 Å². The summed E-state index contributed by atoms with van der Waals surface area (Å²) in [6.07, 6.45) is 2.39. The molecule has 1 saturated carbocycles. The van der Waals surface area contributed by atoms with Crippen molar-refractivity contribution in [3.63, 3.8) is 0 Å². The fraction of sp³-hybridized carbons (Fsp3) is 1.00. The third-order valence-electron chi connectivity index (χ3n) is 4.25. The van der Waals surface area contributed by atoms with E-state index in [9.17, 15) is 18.1 Å². The maximum absolute atomic E-state index is 10.9. The molecule has 0 heterocycles. The molecule has 6 heteroatoms. The molecule has 0 spiro atoms. The van der Waals surface area contributed by atoms with E-state index in [0.29, 0.717) is 18.8 Å². The van der Waals surface area contributed by atoms with E-state index in [1.54, 1.807) is 0 Å². The maximum atomic E-state index is 10.9. The molecular formula is C11H21NaO4S. The molecular weight excluding hydrogens is 251 g/mol. The Hall–Kier alpha value is 0.870. The second-order valence-corrected chi connectivity index (χ2v) is 7.18. The van der Waals surface area contributed by atoms with E-state index in [1.165, 1.54) is 0 Å². The standard InChI is InChI=1S/C11H22O4S.Na/c1-4-10(2,3)9-5-7-11(12,8-6-9)16(13,14)15;/h9,12H,4-8H2,1-3H3,(H,13,14,15);/q;+1/p-1. The molecule has 0 atom stereocenters. The van der Waals surface area contributed by atoms with Crippen LogP contribution < -0.4 is 29.6 Å². The molecule has 0 aromatic carbocycles. The summed E-state index contributed by atoms with van der Waals surface area (Å²) in [6.45, 7) is 6.40. The van der Waals surface area contributed by atoms with Gasteiger partial charge in [0.1, 0.15) is 10.1 Å². The van der Waals surface area contributed by atoms with E-state index in [1.807, 2.05) is 0 Å². The Kier molecular flexibility index (Phi) is 6.19. The zero-order valence-electron chi connectivity index (χ0n) is 11.2. The summed E-state index contributed by atoms with van der Waals surface area (Å²) in [7, 11) is -4.60. The first kappa shape index (κ1) is 17.9. The van der Waals surface area contributed by atoms with Crippen molar-refractivity contribution in [3.8, 4) is 0 Å². The van der Waals surface area contributed by atoms with E-state index in [4.69, 9.17) is 0 Å². The fourth-order valence-electron chi connectivity index (χ4n) is 2.39. The molecule has 0 aliphatic heterocycles. The van der Waals surface area contributed by atoms with Gasteiger partial charge in [-0.2, -0.15) is 0 Å². The summed E-state index contributed by atoms with van der Waals surface area (Å²) >= 11 is 0. The quantitative estimate of drug-likeness (QED) is 0.520. The number of hydrogen-bond donors (Lipinski definition) is 1. The average Bonchev–Trinajstić information content (AvgIpc) is 2.17. The van der Waals surface area contributed by atoms with Crippen LogP contribution in [0, 0.1) is 11.3 Å². The van der Waals surface area contributed by atoms with Crippen LogP contribution >= 0.6 is 0 Å². The zero-order valence-corrected chi connectivity index (χ0v) is 14.0. The van der Waals surface area contributed by atoms with Crippen molar-refractivity contribution in [2.75, 3.05) is 0 Å². The summed E-state index contributed by atoms with van der Waals surface area (Å²) in [4.78, 5) is -2.02. The van der Waals surface area contributed by atoms with Gasteiger partial charge >= 0.3 is 29.6 Å². The first-order chi connectivity index (χ1) is 7.12. The van der Waals surface area contributed by atoms with Crippen LogP contribution in [0.3, 0.4) is 0 Å². The van der Waals surface area contributed by atoms with Crippen molar-refractivity contribution < 1.29 is 47.6 Å². The molecule has 1 aliphatic carbocycles. The van der Waals surface area contributed by atoms with Crippen LogP contribution in [0.4, 0.5) is 0 Å². The van der Waals surface area contributed by atoms with Crippen LogP contribution in [0.2, 0.25) is 0 Å². The second-order valence-electron chi connectivity index (χ2n) is 5.52. The van der Waals surface area contributed by atoms with E-state index < -0.39 is 15.1 Å². The van der Waals surface area contributed by atoms with Gasteiger partial charge in [-0.3, -0.25) is 0 Å². The molecule has 1 rings (SSSR count). The summed E-state index contributed by atoms with van der Waals surface area (Å²) in [6, 6.07) is 0. The van der Waals surface area contributed by atoms with E-state index in [0.717, 1.165) is 6.42 Å². The van der Waals surface area contributed by atoms with E-state index in [2.05, 4.69) is 20.8 Å². The van der Waals surface area contributed by atoms with Gasteiger partial charge in [-0.25, -0.2) is 8.42 Å². The normalized spacial score (nSPS) is 30.8. The van der Waals surface area contributed by atoms with Crippen LogP contribution in [0.1, 0.15) is 52.9 Å². The average molecular weight is 272 g/mol. The first-order valence-electron chi connectivity index (χ1n) is 5.80. The molecule has 0 bridgehead atoms. The number of hydrogen-bond acceptors (Lipinski definition) is 4. The van der Waals surface area contributed by atoms with Crippen LogP contribution in [-0.2, 0) is 10.1 Å². The molecule has 1 fully saturated rings. The Balaban J connectivity index is 0.00000256. The number of aliphatic hydroxyl groups is 1. The van der Waals surface area contributed by atoms with Crippen molar-refractivity contribution in [3.05, 3.63) is 0 Å².